The second kappa shape index (κ2) is 9.81. The Morgan fingerprint density at radius 1 is 0.867 bits per heavy atom. The van der Waals surface area contributed by atoms with Crippen molar-refractivity contribution in [2.24, 2.45) is 0 Å². The minimum Gasteiger partial charge on any atom is -0.479 e. The highest BCUT2D eigenvalue weighted by Crippen LogP contribution is 2.29. The van der Waals surface area contributed by atoms with Crippen LogP contribution in [0.15, 0.2) is 53.9 Å². The largest absolute Gasteiger partial charge is 0.479 e. The molecular weight excluding hydrogens is 390 g/mol. The lowest BCUT2D eigenvalue weighted by Gasteiger charge is -2.10. The van der Waals surface area contributed by atoms with Crippen molar-refractivity contribution in [3.8, 4) is 17.1 Å². The first-order valence-electron chi connectivity index (χ1n) is 10.6. The lowest BCUT2D eigenvalue weighted by atomic mass is 10.0. The molecule has 0 saturated carbocycles. The molecule has 0 unspecified atom stereocenters. The Labute approximate surface area is 182 Å². The zero-order valence-corrected chi connectivity index (χ0v) is 18.4. The number of aryl methyl sites for hydroxylation is 3. The molecular formula is C25H27N3OS. The molecule has 4 aromatic rings. The van der Waals surface area contributed by atoms with Crippen LogP contribution in [0.4, 0.5) is 0 Å². The summed E-state index contributed by atoms with van der Waals surface area (Å²) in [5.41, 5.74) is 6.16. The molecule has 0 aliphatic heterocycles. The number of para-hydroxylation sites is 2. The number of aromatic nitrogens is 3. The van der Waals surface area contributed by atoms with Gasteiger partial charge in [-0.15, -0.1) is 11.3 Å². The van der Waals surface area contributed by atoms with Gasteiger partial charge >= 0.3 is 0 Å². The van der Waals surface area contributed by atoms with Crippen molar-refractivity contribution in [3.05, 3.63) is 70.2 Å². The number of benzene rings is 2. The molecule has 0 spiro atoms. The summed E-state index contributed by atoms with van der Waals surface area (Å²) in [5, 5.41) is 3.45. The molecule has 2 heterocycles. The number of rotatable bonds is 9. The van der Waals surface area contributed by atoms with Gasteiger partial charge in [0.1, 0.15) is 5.69 Å². The van der Waals surface area contributed by atoms with Gasteiger partial charge in [-0.2, -0.15) is 0 Å². The van der Waals surface area contributed by atoms with Crippen LogP contribution in [0.1, 0.15) is 42.5 Å². The molecule has 5 heteroatoms. The molecule has 0 aliphatic rings. The summed E-state index contributed by atoms with van der Waals surface area (Å²) in [6.45, 7) is 2.16. The topological polar surface area (TPSA) is 47.9 Å². The van der Waals surface area contributed by atoms with Crippen LogP contribution in [0.5, 0.6) is 5.88 Å². The first-order valence-corrected chi connectivity index (χ1v) is 11.5. The number of unbranched alkanes of at least 4 members (excludes halogenated alkanes) is 2. The molecule has 0 saturated heterocycles. The van der Waals surface area contributed by atoms with Crippen molar-refractivity contribution in [2.45, 2.75) is 45.4 Å². The predicted octanol–water partition coefficient (Wildman–Crippen LogP) is 6.28. The molecule has 4 rings (SSSR count). The normalized spacial score (nSPS) is 11.1. The third kappa shape index (κ3) is 4.85. The Hall–Kier alpha value is -2.79. The van der Waals surface area contributed by atoms with Gasteiger partial charge in [-0.25, -0.2) is 15.0 Å². The first kappa shape index (κ1) is 20.5. The number of hydrogen-bond acceptors (Lipinski definition) is 5. The van der Waals surface area contributed by atoms with E-state index < -0.39 is 0 Å². The molecule has 0 radical (unpaired) electrons. The second-order valence-corrected chi connectivity index (χ2v) is 8.36. The highest BCUT2D eigenvalue weighted by molar-refractivity contribution is 7.09. The minimum absolute atomic E-state index is 0.570. The second-order valence-electron chi connectivity index (χ2n) is 7.42. The van der Waals surface area contributed by atoms with Gasteiger partial charge in [-0.05, 0) is 55.9 Å². The van der Waals surface area contributed by atoms with Crippen molar-refractivity contribution < 1.29 is 4.74 Å². The molecule has 154 valence electrons. The monoisotopic (exact) mass is 417 g/mol. The van der Waals surface area contributed by atoms with E-state index in [2.05, 4.69) is 46.5 Å². The molecule has 2 aromatic carbocycles. The van der Waals surface area contributed by atoms with E-state index in [-0.39, 0.29) is 0 Å². The van der Waals surface area contributed by atoms with Gasteiger partial charge in [-0.1, -0.05) is 43.7 Å². The maximum absolute atomic E-state index is 5.53. The summed E-state index contributed by atoms with van der Waals surface area (Å²) in [6, 6.07) is 16.5. The lowest BCUT2D eigenvalue weighted by Crippen LogP contribution is -1.97. The van der Waals surface area contributed by atoms with Crippen LogP contribution >= 0.6 is 11.3 Å². The van der Waals surface area contributed by atoms with Crippen molar-refractivity contribution >= 4 is 22.4 Å². The summed E-state index contributed by atoms with van der Waals surface area (Å²) < 4.78 is 5.53. The third-order valence-corrected chi connectivity index (χ3v) is 6.27. The number of fused-ring (bicyclic) bond motifs is 1. The summed E-state index contributed by atoms with van der Waals surface area (Å²) in [7, 11) is 1.65. The van der Waals surface area contributed by atoms with E-state index in [0.29, 0.717) is 5.88 Å². The number of thiazole rings is 1. The van der Waals surface area contributed by atoms with E-state index >= 15 is 0 Å². The van der Waals surface area contributed by atoms with Gasteiger partial charge in [0.25, 0.3) is 0 Å². The van der Waals surface area contributed by atoms with Gasteiger partial charge in [0, 0.05) is 10.9 Å². The fraction of sp³-hybridized carbons (Fsp3) is 0.320. The van der Waals surface area contributed by atoms with Gasteiger partial charge in [-0.3, -0.25) is 0 Å². The molecule has 0 aliphatic carbocycles. The van der Waals surface area contributed by atoms with Crippen LogP contribution in [0, 0.1) is 0 Å². The van der Waals surface area contributed by atoms with Gasteiger partial charge in [0.05, 0.1) is 28.8 Å². The molecule has 30 heavy (non-hydrogen) atoms. The number of hydrogen-bond donors (Lipinski definition) is 0. The van der Waals surface area contributed by atoms with Crippen LogP contribution in [-0.2, 0) is 19.3 Å². The van der Waals surface area contributed by atoms with Gasteiger partial charge in [0.15, 0.2) is 0 Å². The van der Waals surface area contributed by atoms with E-state index in [1.165, 1.54) is 35.5 Å². The molecule has 0 N–H and O–H groups in total. The van der Waals surface area contributed by atoms with Gasteiger partial charge < -0.3 is 4.74 Å². The summed E-state index contributed by atoms with van der Waals surface area (Å²) in [6.07, 6.45) is 6.76. The van der Waals surface area contributed by atoms with E-state index in [0.717, 1.165) is 41.6 Å². The zero-order chi connectivity index (χ0) is 20.8. The predicted molar refractivity (Wildman–Crippen MR) is 124 cm³/mol. The van der Waals surface area contributed by atoms with Crippen LogP contribution in [0.25, 0.3) is 22.3 Å². The fourth-order valence-corrected chi connectivity index (χ4v) is 4.41. The highest BCUT2D eigenvalue weighted by Gasteiger charge is 2.12. The molecule has 4 nitrogen and oxygen atoms in total. The first-order chi connectivity index (χ1) is 14.8. The standard InChI is InChI=1S/C25H27N3OS/c1-3-23-26-20(17-30-23)13-6-4-5-10-18-11-9-12-19(16-18)24-25(29-2)28-22-15-8-7-14-21(22)27-24/h7-9,11-12,14-17H,3-6,10,13H2,1-2H3. The average molecular weight is 418 g/mol. The van der Waals surface area contributed by atoms with Gasteiger partial charge in [0.2, 0.25) is 5.88 Å². The summed E-state index contributed by atoms with van der Waals surface area (Å²) in [4.78, 5) is 14.1. The molecule has 2 aromatic heterocycles. The van der Waals surface area contributed by atoms with Crippen LogP contribution in [0.3, 0.4) is 0 Å². The minimum atomic E-state index is 0.570. The highest BCUT2D eigenvalue weighted by atomic mass is 32.1. The zero-order valence-electron chi connectivity index (χ0n) is 17.6. The number of nitrogens with zero attached hydrogens (tertiary/aromatic N) is 3. The van der Waals surface area contributed by atoms with E-state index in [1.807, 2.05) is 24.3 Å². The average Bonchev–Trinajstić information content (AvgIpc) is 3.26. The van der Waals surface area contributed by atoms with Crippen LogP contribution in [0.2, 0.25) is 0 Å². The van der Waals surface area contributed by atoms with Crippen molar-refractivity contribution in [1.29, 1.82) is 0 Å². The number of ether oxygens (including phenoxy) is 1. The molecule has 0 fully saturated rings. The van der Waals surface area contributed by atoms with E-state index in [4.69, 9.17) is 9.72 Å². The Morgan fingerprint density at radius 3 is 2.43 bits per heavy atom. The van der Waals surface area contributed by atoms with Crippen LogP contribution in [-0.4, -0.2) is 22.1 Å². The Bertz CT molecular complexity index is 1120. The van der Waals surface area contributed by atoms with E-state index in [9.17, 15) is 0 Å². The maximum atomic E-state index is 5.53. The maximum Gasteiger partial charge on any atom is 0.240 e. The smallest absolute Gasteiger partial charge is 0.240 e. The Balaban J connectivity index is 1.39. The Morgan fingerprint density at radius 2 is 1.67 bits per heavy atom. The van der Waals surface area contributed by atoms with Crippen molar-refractivity contribution in [2.75, 3.05) is 7.11 Å². The lowest BCUT2D eigenvalue weighted by molar-refractivity contribution is 0.400. The molecule has 0 bridgehead atoms. The third-order valence-electron chi connectivity index (χ3n) is 5.23. The van der Waals surface area contributed by atoms with E-state index in [1.54, 1.807) is 18.4 Å². The molecule has 0 atom stereocenters. The SMILES string of the molecule is CCc1nc(CCCCCc2cccc(-c3nc4ccccc4nc3OC)c2)cs1. The Kier molecular flexibility index (Phi) is 6.70. The van der Waals surface area contributed by atoms with Crippen molar-refractivity contribution in [3.63, 3.8) is 0 Å². The summed E-state index contributed by atoms with van der Waals surface area (Å²) >= 11 is 1.78. The quantitative estimate of drug-likeness (QED) is 0.301. The van der Waals surface area contributed by atoms with Crippen molar-refractivity contribution in [1.82, 2.24) is 15.0 Å². The molecule has 0 amide bonds. The summed E-state index contributed by atoms with van der Waals surface area (Å²) in [5.74, 6) is 0.570. The fourth-order valence-electron chi connectivity index (χ4n) is 3.63. The van der Waals surface area contributed by atoms with Crippen LogP contribution < -0.4 is 4.74 Å². The number of methoxy groups -OCH3 is 1.